The summed E-state index contributed by atoms with van der Waals surface area (Å²) in [5.74, 6) is 0. The van der Waals surface area contributed by atoms with Gasteiger partial charge in [0, 0.05) is 7.05 Å². The van der Waals surface area contributed by atoms with Crippen LogP contribution >= 0.6 is 11.3 Å². The number of thiazole rings is 1. The van der Waals surface area contributed by atoms with Crippen molar-refractivity contribution >= 4 is 38.1 Å². The maximum atomic E-state index is 5.75. The molecule has 0 unspecified atom stereocenters. The lowest BCUT2D eigenvalue weighted by Gasteiger charge is -2.01. The molecule has 5 heteroatoms. The normalized spacial score (nSPS) is 10.5. The molecule has 1 heterocycles. The number of nitrogens with zero attached hydrogens (tertiary/aromatic N) is 1. The number of nitrogens with one attached hydrogen (secondary N) is 1. The van der Waals surface area contributed by atoms with E-state index in [9.17, 15) is 0 Å². The van der Waals surface area contributed by atoms with E-state index in [1.807, 2.05) is 19.2 Å². The van der Waals surface area contributed by atoms with Gasteiger partial charge < -0.3 is 16.8 Å². The van der Waals surface area contributed by atoms with Gasteiger partial charge in [-0.1, -0.05) is 11.3 Å². The lowest BCUT2D eigenvalue weighted by Crippen LogP contribution is -1.91. The summed E-state index contributed by atoms with van der Waals surface area (Å²) < 4.78 is 1.01. The van der Waals surface area contributed by atoms with Crippen LogP contribution in [-0.4, -0.2) is 12.0 Å². The predicted molar refractivity (Wildman–Crippen MR) is 58.0 cm³/mol. The zero-order valence-corrected chi connectivity index (χ0v) is 7.98. The van der Waals surface area contributed by atoms with Crippen molar-refractivity contribution in [2.45, 2.75) is 0 Å². The van der Waals surface area contributed by atoms with E-state index in [1.165, 1.54) is 11.3 Å². The smallest absolute Gasteiger partial charge is 0.181 e. The summed E-state index contributed by atoms with van der Waals surface area (Å²) in [5.41, 5.74) is 13.8. The largest absolute Gasteiger partial charge is 0.397 e. The van der Waals surface area contributed by atoms with Gasteiger partial charge in [0.05, 0.1) is 16.1 Å². The summed E-state index contributed by atoms with van der Waals surface area (Å²) in [6.07, 6.45) is 0. The summed E-state index contributed by atoms with van der Waals surface area (Å²) in [7, 11) is 1.86. The van der Waals surface area contributed by atoms with E-state index in [4.69, 9.17) is 11.5 Å². The summed E-state index contributed by atoms with van der Waals surface area (Å²) in [4.78, 5) is 4.15. The van der Waals surface area contributed by atoms with Crippen molar-refractivity contribution in [1.82, 2.24) is 4.98 Å². The predicted octanol–water partition coefficient (Wildman–Crippen LogP) is 1.50. The van der Waals surface area contributed by atoms with Crippen LogP contribution in [0, 0.1) is 0 Å². The molecule has 0 aliphatic carbocycles. The number of nitrogens with two attached hydrogens (primary N) is 2. The second-order valence-corrected chi connectivity index (χ2v) is 3.71. The molecule has 0 saturated heterocycles. The summed E-state index contributed by atoms with van der Waals surface area (Å²) in [5, 5.41) is 3.62. The van der Waals surface area contributed by atoms with Gasteiger partial charge in [-0.2, -0.15) is 0 Å². The molecule has 0 amide bonds. The van der Waals surface area contributed by atoms with Crippen molar-refractivity contribution in [3.63, 3.8) is 0 Å². The second-order valence-electron chi connectivity index (χ2n) is 2.68. The van der Waals surface area contributed by atoms with Crippen LogP contribution in [0.25, 0.3) is 10.2 Å². The highest BCUT2D eigenvalue weighted by atomic mass is 32.1. The first-order chi connectivity index (χ1) is 6.22. The van der Waals surface area contributed by atoms with Crippen LogP contribution in [0.2, 0.25) is 0 Å². The fourth-order valence-electron chi connectivity index (χ4n) is 1.24. The molecule has 0 atom stereocenters. The van der Waals surface area contributed by atoms with Gasteiger partial charge in [0.1, 0.15) is 5.52 Å². The molecule has 1 aromatic heterocycles. The molecule has 0 aliphatic heterocycles. The lowest BCUT2D eigenvalue weighted by molar-refractivity contribution is 1.48. The van der Waals surface area contributed by atoms with Crippen molar-refractivity contribution < 1.29 is 0 Å². The second kappa shape index (κ2) is 2.77. The first-order valence-corrected chi connectivity index (χ1v) is 4.66. The minimum absolute atomic E-state index is 0.546. The number of hydrogen-bond donors (Lipinski definition) is 3. The Morgan fingerprint density at radius 3 is 2.85 bits per heavy atom. The topological polar surface area (TPSA) is 77.0 Å². The number of rotatable bonds is 1. The van der Waals surface area contributed by atoms with Crippen molar-refractivity contribution in [1.29, 1.82) is 0 Å². The maximum Gasteiger partial charge on any atom is 0.181 e. The van der Waals surface area contributed by atoms with E-state index < -0.39 is 0 Å². The Morgan fingerprint density at radius 2 is 2.15 bits per heavy atom. The van der Waals surface area contributed by atoms with Crippen molar-refractivity contribution in [2.75, 3.05) is 23.8 Å². The number of anilines is 3. The average Bonchev–Trinajstić information content (AvgIpc) is 2.48. The molecule has 5 N–H and O–H groups in total. The Kier molecular flexibility index (Phi) is 1.73. The van der Waals surface area contributed by atoms with Gasteiger partial charge in [0.15, 0.2) is 5.13 Å². The summed E-state index contributed by atoms with van der Waals surface area (Å²) in [6, 6.07) is 3.75. The Balaban J connectivity index is 2.83. The van der Waals surface area contributed by atoms with Crippen molar-refractivity contribution in [3.8, 4) is 0 Å². The molecule has 0 radical (unpaired) electrons. The molecular formula is C8H10N4S. The van der Waals surface area contributed by atoms with Crippen LogP contribution in [0.1, 0.15) is 0 Å². The van der Waals surface area contributed by atoms with Gasteiger partial charge in [-0.3, -0.25) is 0 Å². The van der Waals surface area contributed by atoms with Gasteiger partial charge in [0.2, 0.25) is 0 Å². The van der Waals surface area contributed by atoms with E-state index in [1.54, 1.807) is 0 Å². The molecule has 2 rings (SSSR count). The monoisotopic (exact) mass is 194 g/mol. The van der Waals surface area contributed by atoms with Crippen LogP contribution < -0.4 is 16.8 Å². The first-order valence-electron chi connectivity index (χ1n) is 3.84. The third kappa shape index (κ3) is 1.17. The SMILES string of the molecule is CNc1ccc(N)c2nc(N)sc12. The zero-order valence-electron chi connectivity index (χ0n) is 7.16. The van der Waals surface area contributed by atoms with Crippen molar-refractivity contribution in [3.05, 3.63) is 12.1 Å². The van der Waals surface area contributed by atoms with Gasteiger partial charge >= 0.3 is 0 Å². The molecule has 68 valence electrons. The van der Waals surface area contributed by atoms with Crippen LogP contribution in [0.5, 0.6) is 0 Å². The van der Waals surface area contributed by atoms with Gasteiger partial charge in [-0.05, 0) is 12.1 Å². The summed E-state index contributed by atoms with van der Waals surface area (Å²) in [6.45, 7) is 0. The average molecular weight is 194 g/mol. The van der Waals surface area contributed by atoms with Crippen LogP contribution in [0.3, 0.4) is 0 Å². The molecule has 0 saturated carbocycles. The Hall–Kier alpha value is -1.49. The highest BCUT2D eigenvalue weighted by Crippen LogP contribution is 2.33. The van der Waals surface area contributed by atoms with Crippen LogP contribution in [-0.2, 0) is 0 Å². The summed E-state index contributed by atoms with van der Waals surface area (Å²) >= 11 is 1.44. The highest BCUT2D eigenvalue weighted by Gasteiger charge is 2.07. The molecule has 0 bridgehead atoms. The molecule has 13 heavy (non-hydrogen) atoms. The molecule has 1 aromatic carbocycles. The number of benzene rings is 1. The standard InChI is InChI=1S/C8H10N4S/c1-11-5-3-2-4(9)6-7(5)13-8(10)12-6/h2-3,11H,9H2,1H3,(H2,10,12). The molecule has 0 aliphatic rings. The zero-order chi connectivity index (χ0) is 9.42. The van der Waals surface area contributed by atoms with Crippen LogP contribution in [0.15, 0.2) is 12.1 Å². The van der Waals surface area contributed by atoms with E-state index in [0.29, 0.717) is 10.8 Å². The maximum absolute atomic E-state index is 5.75. The molecular weight excluding hydrogens is 184 g/mol. The Labute approximate surface area is 79.6 Å². The van der Waals surface area contributed by atoms with Crippen LogP contribution in [0.4, 0.5) is 16.5 Å². The van der Waals surface area contributed by atoms with Crippen molar-refractivity contribution in [2.24, 2.45) is 0 Å². The molecule has 0 fully saturated rings. The van der Waals surface area contributed by atoms with E-state index in [2.05, 4.69) is 10.3 Å². The van der Waals surface area contributed by atoms with E-state index in [-0.39, 0.29) is 0 Å². The van der Waals surface area contributed by atoms with Gasteiger partial charge in [-0.25, -0.2) is 4.98 Å². The van der Waals surface area contributed by atoms with Gasteiger partial charge in [-0.15, -0.1) is 0 Å². The third-order valence-corrected chi connectivity index (χ3v) is 2.78. The Bertz CT molecular complexity index is 449. The minimum Gasteiger partial charge on any atom is -0.397 e. The minimum atomic E-state index is 0.546. The number of hydrogen-bond acceptors (Lipinski definition) is 5. The highest BCUT2D eigenvalue weighted by molar-refractivity contribution is 7.22. The fraction of sp³-hybridized carbons (Fsp3) is 0.125. The molecule has 2 aromatic rings. The quantitative estimate of drug-likeness (QED) is 0.601. The molecule has 4 nitrogen and oxygen atoms in total. The fourth-order valence-corrected chi connectivity index (χ4v) is 2.13. The first kappa shape index (κ1) is 8.12. The lowest BCUT2D eigenvalue weighted by atomic mass is 10.2. The third-order valence-electron chi connectivity index (χ3n) is 1.86. The number of aromatic nitrogens is 1. The number of fused-ring (bicyclic) bond motifs is 1. The van der Waals surface area contributed by atoms with E-state index in [0.717, 1.165) is 15.9 Å². The van der Waals surface area contributed by atoms with Gasteiger partial charge in [0.25, 0.3) is 0 Å². The Morgan fingerprint density at radius 1 is 1.38 bits per heavy atom. The number of nitrogen functional groups attached to an aromatic ring is 2. The molecule has 0 spiro atoms. The van der Waals surface area contributed by atoms with E-state index >= 15 is 0 Å².